The fourth-order valence-electron chi connectivity index (χ4n) is 5.29. The van der Waals surface area contributed by atoms with E-state index in [0.29, 0.717) is 43.1 Å². The first-order valence-electron chi connectivity index (χ1n) is 13.1. The summed E-state index contributed by atoms with van der Waals surface area (Å²) in [4.78, 5) is 17.6. The normalized spacial score (nSPS) is 25.3. The number of aromatic nitrogens is 3. The van der Waals surface area contributed by atoms with Crippen LogP contribution in [0.5, 0.6) is 11.9 Å². The van der Waals surface area contributed by atoms with Crippen molar-refractivity contribution in [2.75, 3.05) is 56.9 Å². The van der Waals surface area contributed by atoms with Crippen LogP contribution < -0.4 is 19.3 Å². The second kappa shape index (κ2) is 13.3. The second-order valence-electron chi connectivity index (χ2n) is 9.97. The molecule has 206 valence electrons. The minimum absolute atomic E-state index is 0.0114. The SMILES string of the molecule is COCCCOC1CN(c2cnc(OC3CCN(c4cc(OC)ncc4Cl)CC3C)nc2)C(CC#N)C1C. The highest BCUT2D eigenvalue weighted by Gasteiger charge is 2.40. The number of halogens is 1. The summed E-state index contributed by atoms with van der Waals surface area (Å²) in [6.07, 6.45) is 7.30. The van der Waals surface area contributed by atoms with Crippen LogP contribution in [0.1, 0.15) is 33.1 Å². The van der Waals surface area contributed by atoms with E-state index in [1.165, 1.54) is 0 Å². The number of hydrogen-bond donors (Lipinski definition) is 0. The lowest BCUT2D eigenvalue weighted by molar-refractivity contribution is 0.0271. The molecule has 4 heterocycles. The molecule has 0 amide bonds. The van der Waals surface area contributed by atoms with E-state index in [1.807, 2.05) is 6.07 Å². The lowest BCUT2D eigenvalue weighted by atomic mass is 9.96. The number of nitrogens with zero attached hydrogens (tertiary/aromatic N) is 6. The van der Waals surface area contributed by atoms with E-state index in [4.69, 9.17) is 30.5 Å². The molecule has 2 aliphatic rings. The summed E-state index contributed by atoms with van der Waals surface area (Å²) in [7, 11) is 3.29. The number of piperidine rings is 1. The van der Waals surface area contributed by atoms with Gasteiger partial charge >= 0.3 is 6.01 Å². The van der Waals surface area contributed by atoms with Crippen molar-refractivity contribution in [3.8, 4) is 18.0 Å². The van der Waals surface area contributed by atoms with E-state index in [9.17, 15) is 5.26 Å². The summed E-state index contributed by atoms with van der Waals surface area (Å²) in [5, 5.41) is 10.0. The Morgan fingerprint density at radius 3 is 2.55 bits per heavy atom. The van der Waals surface area contributed by atoms with Crippen molar-refractivity contribution in [2.45, 2.75) is 51.4 Å². The minimum atomic E-state index is -0.0114. The molecule has 0 aliphatic carbocycles. The zero-order valence-corrected chi connectivity index (χ0v) is 23.3. The van der Waals surface area contributed by atoms with E-state index in [2.05, 4.69) is 44.7 Å². The number of anilines is 2. The third kappa shape index (κ3) is 6.57. The smallest absolute Gasteiger partial charge is 0.316 e. The Labute approximate surface area is 229 Å². The molecule has 38 heavy (non-hydrogen) atoms. The summed E-state index contributed by atoms with van der Waals surface area (Å²) in [5.74, 6) is 0.989. The molecule has 0 radical (unpaired) electrons. The van der Waals surface area contributed by atoms with Gasteiger partial charge in [0, 0.05) is 70.3 Å². The molecular weight excluding hydrogens is 508 g/mol. The summed E-state index contributed by atoms with van der Waals surface area (Å²) in [5.41, 5.74) is 1.79. The van der Waals surface area contributed by atoms with Crippen LogP contribution in [0.2, 0.25) is 5.02 Å². The number of methoxy groups -OCH3 is 2. The van der Waals surface area contributed by atoms with Crippen LogP contribution in [-0.4, -0.2) is 80.3 Å². The molecule has 2 fully saturated rings. The Hall–Kier alpha value is -2.87. The maximum Gasteiger partial charge on any atom is 0.316 e. The van der Waals surface area contributed by atoms with Crippen LogP contribution in [-0.2, 0) is 9.47 Å². The summed E-state index contributed by atoms with van der Waals surface area (Å²) >= 11 is 6.41. The number of hydrogen-bond acceptors (Lipinski definition) is 10. The van der Waals surface area contributed by atoms with E-state index >= 15 is 0 Å². The van der Waals surface area contributed by atoms with Gasteiger partial charge in [-0.1, -0.05) is 25.4 Å². The first-order chi connectivity index (χ1) is 18.4. The van der Waals surface area contributed by atoms with Gasteiger partial charge in [-0.15, -0.1) is 0 Å². The lowest BCUT2D eigenvalue weighted by Crippen LogP contribution is -2.44. The van der Waals surface area contributed by atoms with Crippen molar-refractivity contribution < 1.29 is 18.9 Å². The summed E-state index contributed by atoms with van der Waals surface area (Å²) < 4.78 is 22.7. The van der Waals surface area contributed by atoms with Gasteiger partial charge in [-0.25, -0.2) is 15.0 Å². The number of ether oxygens (including phenoxy) is 4. The Morgan fingerprint density at radius 2 is 1.87 bits per heavy atom. The van der Waals surface area contributed by atoms with Gasteiger partial charge in [-0.2, -0.15) is 5.26 Å². The van der Waals surface area contributed by atoms with Gasteiger partial charge in [-0.05, 0) is 6.42 Å². The highest BCUT2D eigenvalue weighted by atomic mass is 35.5. The maximum atomic E-state index is 9.42. The Morgan fingerprint density at radius 1 is 1.08 bits per heavy atom. The minimum Gasteiger partial charge on any atom is -0.481 e. The number of pyridine rings is 1. The van der Waals surface area contributed by atoms with Crippen molar-refractivity contribution in [3.63, 3.8) is 0 Å². The van der Waals surface area contributed by atoms with Gasteiger partial charge < -0.3 is 28.7 Å². The van der Waals surface area contributed by atoms with Gasteiger partial charge in [-0.3, -0.25) is 0 Å². The van der Waals surface area contributed by atoms with Gasteiger partial charge in [0.15, 0.2) is 0 Å². The molecule has 0 N–H and O–H groups in total. The molecule has 2 aromatic heterocycles. The third-order valence-electron chi connectivity index (χ3n) is 7.48. The summed E-state index contributed by atoms with van der Waals surface area (Å²) in [6, 6.07) is 4.60. The Balaban J connectivity index is 1.36. The molecule has 10 nitrogen and oxygen atoms in total. The molecule has 2 saturated heterocycles. The van der Waals surface area contributed by atoms with Crippen LogP contribution in [0.25, 0.3) is 0 Å². The lowest BCUT2D eigenvalue weighted by Gasteiger charge is -2.38. The predicted molar refractivity (Wildman–Crippen MR) is 145 cm³/mol. The molecule has 2 aliphatic heterocycles. The van der Waals surface area contributed by atoms with E-state index in [-0.39, 0.29) is 30.1 Å². The zero-order chi connectivity index (χ0) is 27.1. The van der Waals surface area contributed by atoms with Gasteiger partial charge in [0.2, 0.25) is 5.88 Å². The van der Waals surface area contributed by atoms with Gasteiger partial charge in [0.25, 0.3) is 0 Å². The van der Waals surface area contributed by atoms with Gasteiger partial charge in [0.05, 0.1) is 60.7 Å². The van der Waals surface area contributed by atoms with Gasteiger partial charge in [0.1, 0.15) is 6.10 Å². The van der Waals surface area contributed by atoms with Crippen LogP contribution in [0.3, 0.4) is 0 Å². The van der Waals surface area contributed by atoms with Crippen LogP contribution >= 0.6 is 11.6 Å². The van der Waals surface area contributed by atoms with E-state index in [1.54, 1.807) is 32.8 Å². The highest BCUT2D eigenvalue weighted by molar-refractivity contribution is 6.33. The third-order valence-corrected chi connectivity index (χ3v) is 7.78. The van der Waals surface area contributed by atoms with Crippen molar-refractivity contribution >= 4 is 23.0 Å². The molecule has 5 unspecified atom stereocenters. The first kappa shape index (κ1) is 28.1. The van der Waals surface area contributed by atoms with Crippen LogP contribution in [0.4, 0.5) is 11.4 Å². The average Bonchev–Trinajstić information content (AvgIpc) is 3.23. The van der Waals surface area contributed by atoms with Crippen molar-refractivity contribution in [2.24, 2.45) is 11.8 Å². The quantitative estimate of drug-likeness (QED) is 0.385. The van der Waals surface area contributed by atoms with Crippen molar-refractivity contribution in [3.05, 3.63) is 29.7 Å². The molecule has 2 aromatic rings. The molecular formula is C27H37ClN6O4. The fourth-order valence-corrected chi connectivity index (χ4v) is 5.51. The molecule has 4 rings (SSSR count). The Kier molecular flexibility index (Phi) is 9.83. The second-order valence-corrected chi connectivity index (χ2v) is 10.4. The number of rotatable bonds is 11. The van der Waals surface area contributed by atoms with Crippen LogP contribution in [0.15, 0.2) is 24.7 Å². The largest absolute Gasteiger partial charge is 0.481 e. The van der Waals surface area contributed by atoms with Crippen LogP contribution in [0, 0.1) is 23.2 Å². The molecule has 0 saturated carbocycles. The Bertz CT molecular complexity index is 1080. The molecule has 5 atom stereocenters. The monoisotopic (exact) mass is 544 g/mol. The molecule has 0 aromatic carbocycles. The predicted octanol–water partition coefficient (Wildman–Crippen LogP) is 3.99. The molecule has 0 bridgehead atoms. The first-order valence-corrected chi connectivity index (χ1v) is 13.5. The average molecular weight is 545 g/mol. The zero-order valence-electron chi connectivity index (χ0n) is 22.5. The molecule has 11 heteroatoms. The maximum absolute atomic E-state index is 9.42. The van der Waals surface area contributed by atoms with Crippen molar-refractivity contribution in [1.82, 2.24) is 15.0 Å². The van der Waals surface area contributed by atoms with E-state index in [0.717, 1.165) is 37.3 Å². The molecule has 0 spiro atoms. The topological polar surface area (TPSA) is 106 Å². The fraction of sp³-hybridized carbons (Fsp3) is 0.630. The summed E-state index contributed by atoms with van der Waals surface area (Å²) in [6.45, 7) is 7.87. The highest BCUT2D eigenvalue weighted by Crippen LogP contribution is 2.34. The standard InChI is InChI=1S/C27H37ClN6O4/c1-18-16-33(23-12-26(36-4)30-15-21(23)28)9-7-24(18)38-27-31-13-20(14-32-27)34-17-25(37-11-5-10-35-3)19(2)22(34)6-8-29/h12-15,18-19,22,24-25H,5-7,9-11,16-17H2,1-4H3. The van der Waals surface area contributed by atoms with Crippen molar-refractivity contribution in [1.29, 1.82) is 5.26 Å². The van der Waals surface area contributed by atoms with E-state index < -0.39 is 0 Å². The number of nitriles is 1.